The molecule has 1 aliphatic heterocycles. The van der Waals surface area contributed by atoms with Gasteiger partial charge in [-0.3, -0.25) is 0 Å². The van der Waals surface area contributed by atoms with Gasteiger partial charge in [0.05, 0.1) is 22.8 Å². The van der Waals surface area contributed by atoms with E-state index in [2.05, 4.69) is 32.9 Å². The normalized spacial score (nSPS) is 14.9. The Labute approximate surface area is 206 Å². The average Bonchev–Trinajstić information content (AvgIpc) is 2.74. The van der Waals surface area contributed by atoms with Gasteiger partial charge in [-0.2, -0.15) is 0 Å². The number of hydrogen-bond donors (Lipinski definition) is 2. The fourth-order valence-corrected chi connectivity index (χ4v) is 5.04. The molecular weight excluding hydrogens is 512 g/mol. The van der Waals surface area contributed by atoms with Crippen LogP contribution in [0, 0.1) is 12.8 Å². The van der Waals surface area contributed by atoms with Crippen LogP contribution in [-0.2, 0) is 0 Å². The Morgan fingerprint density at radius 1 is 1.18 bits per heavy atom. The highest BCUT2D eigenvalue weighted by Crippen LogP contribution is 2.39. The largest absolute Gasteiger partial charge is 0.478 e. The van der Waals surface area contributed by atoms with Crippen LogP contribution < -0.4 is 4.74 Å². The molecule has 0 unspecified atom stereocenters. The van der Waals surface area contributed by atoms with Crippen LogP contribution in [-0.4, -0.2) is 58.8 Å². The molecule has 1 saturated heterocycles. The zero-order valence-corrected chi connectivity index (χ0v) is 21.1. The quantitative estimate of drug-likeness (QED) is 0.391. The molecule has 0 aliphatic carbocycles. The first-order valence-electron chi connectivity index (χ1n) is 11.0. The Hall–Kier alpha value is -2.16. The lowest BCUT2D eigenvalue weighted by Crippen LogP contribution is -2.30. The number of carbonyl (C=O) groups is 2. The van der Waals surface area contributed by atoms with E-state index < -0.39 is 11.9 Å². The summed E-state index contributed by atoms with van der Waals surface area (Å²) in [5, 5.41) is 19.5. The first kappa shape index (κ1) is 25.5. The van der Waals surface area contributed by atoms with E-state index in [1.807, 2.05) is 0 Å². The highest BCUT2D eigenvalue weighted by atomic mass is 79.9. The number of likely N-dealkylation sites (tertiary alicyclic amines) is 1. The molecule has 0 atom stereocenters. The summed E-state index contributed by atoms with van der Waals surface area (Å²) in [6, 6.07) is 2.92. The van der Waals surface area contributed by atoms with Gasteiger partial charge in [-0.05, 0) is 86.2 Å². The number of carboxylic acids is 2. The van der Waals surface area contributed by atoms with Crippen LogP contribution in [0.4, 0.5) is 0 Å². The smallest absolute Gasteiger partial charge is 0.337 e. The number of benzene rings is 1. The van der Waals surface area contributed by atoms with Crippen LogP contribution in [0.3, 0.4) is 0 Å². The van der Waals surface area contributed by atoms with Gasteiger partial charge in [-0.25, -0.2) is 14.6 Å². The van der Waals surface area contributed by atoms with Crippen LogP contribution in [0.5, 0.6) is 5.88 Å². The predicted molar refractivity (Wildman–Crippen MR) is 131 cm³/mol. The van der Waals surface area contributed by atoms with Crippen LogP contribution >= 0.6 is 27.5 Å². The third-order valence-electron chi connectivity index (χ3n) is 6.10. The highest BCUT2D eigenvalue weighted by molar-refractivity contribution is 9.10. The Balaban J connectivity index is 1.77. The monoisotopic (exact) mass is 538 g/mol. The van der Waals surface area contributed by atoms with Crippen molar-refractivity contribution in [2.75, 3.05) is 26.7 Å². The molecule has 2 aromatic rings. The molecule has 1 aromatic heterocycles. The second kappa shape index (κ2) is 11.3. The first-order valence-corrected chi connectivity index (χ1v) is 12.1. The maximum Gasteiger partial charge on any atom is 0.337 e. The Morgan fingerprint density at radius 2 is 1.85 bits per heavy atom. The van der Waals surface area contributed by atoms with E-state index in [4.69, 9.17) is 16.3 Å². The summed E-state index contributed by atoms with van der Waals surface area (Å²) in [5.41, 5.74) is 0.365. The molecule has 0 radical (unpaired) electrons. The van der Waals surface area contributed by atoms with Crippen molar-refractivity contribution in [1.82, 2.24) is 9.88 Å². The number of unbranched alkanes of at least 4 members (excludes halogenated alkanes) is 1. The van der Waals surface area contributed by atoms with Crippen molar-refractivity contribution in [3.05, 3.63) is 44.5 Å². The molecule has 2 heterocycles. The summed E-state index contributed by atoms with van der Waals surface area (Å²) in [7, 11) is 2.16. The molecular formula is C24H28BrClN2O5. The van der Waals surface area contributed by atoms with Crippen molar-refractivity contribution < 1.29 is 24.5 Å². The van der Waals surface area contributed by atoms with E-state index in [0.717, 1.165) is 31.8 Å². The molecule has 0 saturated carbocycles. The number of aryl methyl sites for hydroxylation is 1. The molecule has 0 spiro atoms. The summed E-state index contributed by atoms with van der Waals surface area (Å²) in [4.78, 5) is 30.6. The lowest BCUT2D eigenvalue weighted by Gasteiger charge is -2.28. The number of piperidine rings is 1. The molecule has 2 N–H and O–H groups in total. The van der Waals surface area contributed by atoms with Crippen molar-refractivity contribution in [2.45, 2.75) is 39.0 Å². The number of ether oxygens (including phenoxy) is 1. The number of halogens is 2. The number of pyridine rings is 1. The van der Waals surface area contributed by atoms with E-state index in [1.165, 1.54) is 31.5 Å². The van der Waals surface area contributed by atoms with Gasteiger partial charge in [-0.1, -0.05) is 18.0 Å². The second-order valence-corrected chi connectivity index (χ2v) is 9.77. The summed E-state index contributed by atoms with van der Waals surface area (Å²) >= 11 is 9.57. The van der Waals surface area contributed by atoms with Crippen LogP contribution in [0.15, 0.2) is 22.8 Å². The molecule has 9 heteroatoms. The fourth-order valence-electron chi connectivity index (χ4n) is 4.28. The lowest BCUT2D eigenvalue weighted by molar-refractivity contribution is 0.0695. The molecule has 178 valence electrons. The SMILES string of the molecule is Cc1cc(Cl)c(C(=O)O)c(-c2cc(OCCCCC3CCN(C)CC3)ncc2Br)c1C(=O)O. The van der Waals surface area contributed by atoms with E-state index in [1.54, 1.807) is 13.0 Å². The summed E-state index contributed by atoms with van der Waals surface area (Å²) in [6.07, 6.45) is 7.10. The van der Waals surface area contributed by atoms with Gasteiger partial charge in [0.15, 0.2) is 0 Å². The minimum atomic E-state index is -1.31. The van der Waals surface area contributed by atoms with Crippen molar-refractivity contribution in [3.63, 3.8) is 0 Å². The standard InChI is InChI=1S/C24H28BrClN2O5/c1-14-11-18(26)22(24(31)32)21(20(14)23(29)30)16-12-19(27-13-17(16)25)33-10-4-3-5-15-6-8-28(2)9-7-15/h11-13,15H,3-10H2,1-2H3,(H,29,30)(H,31,32). The number of carboxylic acid groups (broad SMARTS) is 2. The van der Waals surface area contributed by atoms with Crippen molar-refractivity contribution in [2.24, 2.45) is 5.92 Å². The summed E-state index contributed by atoms with van der Waals surface area (Å²) < 4.78 is 6.27. The minimum Gasteiger partial charge on any atom is -0.478 e. The molecule has 3 rings (SSSR count). The summed E-state index contributed by atoms with van der Waals surface area (Å²) in [6.45, 7) is 4.38. The molecule has 0 bridgehead atoms. The highest BCUT2D eigenvalue weighted by Gasteiger charge is 2.27. The van der Waals surface area contributed by atoms with Crippen molar-refractivity contribution in [3.8, 4) is 17.0 Å². The number of aromatic nitrogens is 1. The van der Waals surface area contributed by atoms with E-state index >= 15 is 0 Å². The molecule has 1 fully saturated rings. The van der Waals surface area contributed by atoms with Gasteiger partial charge in [0.25, 0.3) is 0 Å². The molecule has 33 heavy (non-hydrogen) atoms. The number of rotatable bonds is 9. The van der Waals surface area contributed by atoms with Gasteiger partial charge in [0.2, 0.25) is 5.88 Å². The predicted octanol–water partition coefficient (Wildman–Crippen LogP) is 5.76. The number of aromatic carboxylic acids is 2. The fraction of sp³-hybridized carbons (Fsp3) is 0.458. The van der Waals surface area contributed by atoms with Crippen molar-refractivity contribution >= 4 is 39.5 Å². The number of hydrogen-bond acceptors (Lipinski definition) is 5. The van der Waals surface area contributed by atoms with Crippen LogP contribution in [0.25, 0.3) is 11.1 Å². The molecule has 1 aliphatic rings. The van der Waals surface area contributed by atoms with Gasteiger partial charge in [-0.15, -0.1) is 0 Å². The van der Waals surface area contributed by atoms with Gasteiger partial charge in [0, 0.05) is 27.9 Å². The number of nitrogens with zero attached hydrogens (tertiary/aromatic N) is 2. The average molecular weight is 540 g/mol. The third kappa shape index (κ3) is 6.25. The zero-order chi connectivity index (χ0) is 24.1. The second-order valence-electron chi connectivity index (χ2n) is 8.50. The lowest BCUT2D eigenvalue weighted by atomic mass is 9.91. The Morgan fingerprint density at radius 3 is 2.48 bits per heavy atom. The minimum absolute atomic E-state index is 0.0277. The molecule has 7 nitrogen and oxygen atoms in total. The first-order chi connectivity index (χ1) is 15.7. The van der Waals surface area contributed by atoms with Crippen LogP contribution in [0.1, 0.15) is 58.4 Å². The zero-order valence-electron chi connectivity index (χ0n) is 18.7. The maximum absolute atomic E-state index is 12.0. The topological polar surface area (TPSA) is 100.0 Å². The van der Waals surface area contributed by atoms with E-state index in [-0.39, 0.29) is 21.7 Å². The summed E-state index contributed by atoms with van der Waals surface area (Å²) in [5.74, 6) is -1.47. The maximum atomic E-state index is 12.0. The van der Waals surface area contributed by atoms with E-state index in [0.29, 0.717) is 28.1 Å². The molecule has 1 aromatic carbocycles. The van der Waals surface area contributed by atoms with E-state index in [9.17, 15) is 19.8 Å². The van der Waals surface area contributed by atoms with Crippen LogP contribution in [0.2, 0.25) is 5.02 Å². The van der Waals surface area contributed by atoms with Gasteiger partial charge < -0.3 is 19.8 Å². The van der Waals surface area contributed by atoms with Crippen molar-refractivity contribution in [1.29, 1.82) is 0 Å². The Bertz CT molecular complexity index is 1000. The van der Waals surface area contributed by atoms with Gasteiger partial charge in [0.1, 0.15) is 0 Å². The Kier molecular flexibility index (Phi) is 8.73. The molecule has 0 amide bonds. The third-order valence-corrected chi connectivity index (χ3v) is 7.03. The van der Waals surface area contributed by atoms with Gasteiger partial charge >= 0.3 is 11.9 Å².